The van der Waals surface area contributed by atoms with Gasteiger partial charge in [0.15, 0.2) is 0 Å². The van der Waals surface area contributed by atoms with Crippen molar-refractivity contribution < 1.29 is 48.4 Å². The van der Waals surface area contributed by atoms with Gasteiger partial charge < -0.3 is 34.6 Å². The molecule has 0 radical (unpaired) electrons. The van der Waals surface area contributed by atoms with E-state index < -0.39 is 53.0 Å². The number of carbonyl (C=O) groups excluding carboxylic acids is 3. The van der Waals surface area contributed by atoms with E-state index in [2.05, 4.69) is 18.5 Å². The highest BCUT2D eigenvalue weighted by atomic mass is 16.6. The van der Waals surface area contributed by atoms with Gasteiger partial charge in [0, 0.05) is 26.2 Å². The summed E-state index contributed by atoms with van der Waals surface area (Å²) < 4.78 is 15.5. The summed E-state index contributed by atoms with van der Waals surface area (Å²) in [6.45, 7) is 18.1. The molecule has 12 nitrogen and oxygen atoms in total. The van der Waals surface area contributed by atoms with Crippen molar-refractivity contribution in [3.63, 3.8) is 0 Å². The van der Waals surface area contributed by atoms with Crippen molar-refractivity contribution in [2.45, 2.75) is 72.2 Å². The van der Waals surface area contributed by atoms with Crippen LogP contribution in [0.1, 0.15) is 59.9 Å². The van der Waals surface area contributed by atoms with Crippen molar-refractivity contribution in [1.29, 1.82) is 0 Å². The second-order valence-corrected chi connectivity index (χ2v) is 11.8. The molecule has 1 aromatic rings. The van der Waals surface area contributed by atoms with E-state index in [4.69, 9.17) is 19.3 Å². The first kappa shape index (κ1) is 39.8. The molecule has 0 spiro atoms. The fourth-order valence-corrected chi connectivity index (χ4v) is 3.46. The molecule has 0 aliphatic rings. The molecule has 0 bridgehead atoms. The van der Waals surface area contributed by atoms with Gasteiger partial charge in [-0.1, -0.05) is 42.5 Å². The van der Waals surface area contributed by atoms with E-state index >= 15 is 0 Å². The molecule has 0 heterocycles. The van der Waals surface area contributed by atoms with Crippen molar-refractivity contribution in [2.75, 3.05) is 26.2 Å². The zero-order valence-corrected chi connectivity index (χ0v) is 26.7. The van der Waals surface area contributed by atoms with Gasteiger partial charge in [0.1, 0.15) is 17.8 Å². The van der Waals surface area contributed by atoms with Crippen molar-refractivity contribution in [2.24, 2.45) is 11.8 Å². The molecule has 0 saturated heterocycles. The number of nitrogens with zero attached hydrogens (tertiary/aromatic N) is 1. The zero-order valence-electron chi connectivity index (χ0n) is 26.7. The van der Waals surface area contributed by atoms with Gasteiger partial charge in [-0.15, -0.1) is 13.2 Å². The number of hydrogen-bond acceptors (Lipinski definition) is 9. The second-order valence-electron chi connectivity index (χ2n) is 11.8. The maximum atomic E-state index is 12.3. The SMILES string of the molecule is C=CCN(C[C@H](CC(=O)OC(C)(C)C)C(=O)O)C(=O)OCc1ccccc1.C=CCNC[C@H](CC(=O)OC(C)(C)C)C(=O)O. The van der Waals surface area contributed by atoms with Crippen molar-refractivity contribution in [1.82, 2.24) is 10.2 Å². The molecule has 44 heavy (non-hydrogen) atoms. The van der Waals surface area contributed by atoms with E-state index in [9.17, 15) is 29.1 Å². The van der Waals surface area contributed by atoms with Crippen LogP contribution >= 0.6 is 0 Å². The number of aliphatic carboxylic acids is 2. The fourth-order valence-electron chi connectivity index (χ4n) is 3.46. The first-order valence-corrected chi connectivity index (χ1v) is 14.2. The highest BCUT2D eigenvalue weighted by molar-refractivity contribution is 5.80. The van der Waals surface area contributed by atoms with E-state index in [1.807, 2.05) is 30.3 Å². The molecule has 0 saturated carbocycles. The van der Waals surface area contributed by atoms with Crippen LogP contribution in [0.25, 0.3) is 0 Å². The minimum Gasteiger partial charge on any atom is -0.481 e. The molecule has 1 aromatic carbocycles. The number of hydrogen-bond donors (Lipinski definition) is 3. The van der Waals surface area contributed by atoms with E-state index in [0.717, 1.165) is 5.56 Å². The van der Waals surface area contributed by atoms with Crippen LogP contribution in [0.4, 0.5) is 4.79 Å². The van der Waals surface area contributed by atoms with Crippen LogP contribution in [0, 0.1) is 11.8 Å². The molecule has 1 rings (SSSR count). The molecular formula is C32H48N2O10. The van der Waals surface area contributed by atoms with Crippen LogP contribution < -0.4 is 5.32 Å². The summed E-state index contributed by atoms with van der Waals surface area (Å²) in [5.74, 6) is -5.21. The number of rotatable bonds is 16. The average Bonchev–Trinajstić information content (AvgIpc) is 2.89. The second kappa shape index (κ2) is 19.9. The van der Waals surface area contributed by atoms with Gasteiger partial charge in [0.05, 0.1) is 24.7 Å². The number of carbonyl (C=O) groups is 5. The normalized spacial score (nSPS) is 12.3. The molecule has 0 aliphatic carbocycles. The van der Waals surface area contributed by atoms with Crippen molar-refractivity contribution >= 4 is 30.0 Å². The lowest BCUT2D eigenvalue weighted by atomic mass is 10.0. The summed E-state index contributed by atoms with van der Waals surface area (Å²) in [7, 11) is 0. The third-order valence-corrected chi connectivity index (χ3v) is 5.30. The predicted octanol–water partition coefficient (Wildman–Crippen LogP) is 4.44. The highest BCUT2D eigenvalue weighted by Crippen LogP contribution is 2.15. The largest absolute Gasteiger partial charge is 0.481 e. The summed E-state index contributed by atoms with van der Waals surface area (Å²) >= 11 is 0. The van der Waals surface area contributed by atoms with Crippen LogP contribution in [0.5, 0.6) is 0 Å². The molecule has 3 N–H and O–H groups in total. The molecular weight excluding hydrogens is 572 g/mol. The van der Waals surface area contributed by atoms with Crippen molar-refractivity contribution in [3.8, 4) is 0 Å². The van der Waals surface area contributed by atoms with Gasteiger partial charge in [-0.3, -0.25) is 19.2 Å². The Morgan fingerprint density at radius 3 is 1.77 bits per heavy atom. The highest BCUT2D eigenvalue weighted by Gasteiger charge is 2.29. The van der Waals surface area contributed by atoms with Crippen LogP contribution in [-0.2, 0) is 40.0 Å². The first-order chi connectivity index (χ1) is 20.4. The third kappa shape index (κ3) is 19.8. The maximum absolute atomic E-state index is 12.3. The standard InChI is InChI=1S/C20H27NO6.C12H21NO4/c1-5-11-21(19(25)26-14-15-9-7-6-8-10-15)13-16(18(23)24)12-17(22)27-20(2,3)4;1-5-6-13-8-9(11(15)16)7-10(14)17-12(2,3)4/h5-10,16H,1,11-14H2,2-4H3,(H,23,24);5,9,13H,1,6-8H2,2-4H3,(H,15,16)/t16-;9-/m00/s1. The zero-order chi connectivity index (χ0) is 33.9. The summed E-state index contributed by atoms with van der Waals surface area (Å²) in [5.41, 5.74) is -0.488. The topological polar surface area (TPSA) is 169 Å². The summed E-state index contributed by atoms with van der Waals surface area (Å²) in [4.78, 5) is 59.4. The smallest absolute Gasteiger partial charge is 0.410 e. The maximum Gasteiger partial charge on any atom is 0.410 e. The Balaban J connectivity index is 0.000000938. The van der Waals surface area contributed by atoms with E-state index in [0.29, 0.717) is 6.54 Å². The molecule has 246 valence electrons. The Labute approximate surface area is 260 Å². The monoisotopic (exact) mass is 620 g/mol. The molecule has 0 unspecified atom stereocenters. The summed E-state index contributed by atoms with van der Waals surface area (Å²) in [6, 6.07) is 9.13. The van der Waals surface area contributed by atoms with E-state index in [-0.39, 0.29) is 39.1 Å². The molecule has 12 heteroatoms. The minimum atomic E-state index is -1.19. The van der Waals surface area contributed by atoms with Crippen LogP contribution in [0.3, 0.4) is 0 Å². The van der Waals surface area contributed by atoms with Gasteiger partial charge in [-0.25, -0.2) is 4.79 Å². The summed E-state index contributed by atoms with van der Waals surface area (Å²) in [6.07, 6.45) is 1.96. The Kier molecular flexibility index (Phi) is 18.0. The summed E-state index contributed by atoms with van der Waals surface area (Å²) in [5, 5.41) is 21.2. The molecule has 1 amide bonds. The number of esters is 2. The number of nitrogens with one attached hydrogen (secondary N) is 1. The average molecular weight is 621 g/mol. The Bertz CT molecular complexity index is 1090. The van der Waals surface area contributed by atoms with Gasteiger partial charge >= 0.3 is 30.0 Å². The van der Waals surface area contributed by atoms with Crippen LogP contribution in [0.15, 0.2) is 55.6 Å². The van der Waals surface area contributed by atoms with Crippen LogP contribution in [0.2, 0.25) is 0 Å². The number of carboxylic acids is 2. The first-order valence-electron chi connectivity index (χ1n) is 14.2. The lowest BCUT2D eigenvalue weighted by Gasteiger charge is -2.25. The molecule has 2 atom stereocenters. The Hall–Kier alpha value is -4.19. The molecule has 0 fully saturated rings. The number of ether oxygens (including phenoxy) is 3. The third-order valence-electron chi connectivity index (χ3n) is 5.30. The quantitative estimate of drug-likeness (QED) is 0.103. The minimum absolute atomic E-state index is 0.0666. The van der Waals surface area contributed by atoms with Gasteiger partial charge in [-0.2, -0.15) is 0 Å². The number of benzene rings is 1. The number of carboxylic acid groups (broad SMARTS) is 2. The lowest BCUT2D eigenvalue weighted by molar-refractivity contribution is -0.160. The van der Waals surface area contributed by atoms with E-state index in [1.54, 1.807) is 47.6 Å². The van der Waals surface area contributed by atoms with Gasteiger partial charge in [-0.05, 0) is 47.1 Å². The lowest BCUT2D eigenvalue weighted by Crippen LogP contribution is -2.39. The van der Waals surface area contributed by atoms with Gasteiger partial charge in [0.25, 0.3) is 0 Å². The van der Waals surface area contributed by atoms with Gasteiger partial charge in [0.2, 0.25) is 0 Å². The Morgan fingerprint density at radius 2 is 1.34 bits per heavy atom. The van der Waals surface area contributed by atoms with Crippen LogP contribution in [-0.4, -0.2) is 82.5 Å². The molecule has 0 aromatic heterocycles. The Morgan fingerprint density at radius 1 is 0.841 bits per heavy atom. The fraction of sp³-hybridized carbons (Fsp3) is 0.531. The molecule has 0 aliphatic heterocycles. The predicted molar refractivity (Wildman–Crippen MR) is 165 cm³/mol. The van der Waals surface area contributed by atoms with Crippen molar-refractivity contribution in [3.05, 3.63) is 61.2 Å². The van der Waals surface area contributed by atoms with E-state index in [1.165, 1.54) is 11.0 Å². The number of amides is 1.